The van der Waals surface area contributed by atoms with Crippen LogP contribution in [0.2, 0.25) is 0 Å². The molecule has 0 atom stereocenters. The van der Waals surface area contributed by atoms with Gasteiger partial charge in [-0.1, -0.05) is 11.3 Å². The predicted molar refractivity (Wildman–Crippen MR) is 112 cm³/mol. The third-order valence-electron chi connectivity index (χ3n) is 4.07. The molecule has 1 aromatic carbocycles. The average molecular weight is 410 g/mol. The summed E-state index contributed by atoms with van der Waals surface area (Å²) in [6, 6.07) is 7.50. The van der Waals surface area contributed by atoms with Gasteiger partial charge in [0.05, 0.1) is 17.3 Å². The smallest absolute Gasteiger partial charge is 0.278 e. The van der Waals surface area contributed by atoms with Crippen molar-refractivity contribution in [1.29, 1.82) is 0 Å². The Labute approximate surface area is 169 Å². The fourth-order valence-corrected chi connectivity index (χ4v) is 3.64. The largest absolute Gasteiger partial charge is 0.497 e. The lowest BCUT2D eigenvalue weighted by Gasteiger charge is -2.22. The van der Waals surface area contributed by atoms with Crippen molar-refractivity contribution in [2.45, 2.75) is 13.5 Å². The van der Waals surface area contributed by atoms with Gasteiger partial charge in [0.2, 0.25) is 0 Å². The second kappa shape index (κ2) is 9.16. The van der Waals surface area contributed by atoms with Crippen molar-refractivity contribution < 1.29 is 9.53 Å². The van der Waals surface area contributed by atoms with Gasteiger partial charge < -0.3 is 9.64 Å². The number of benzene rings is 1. The maximum absolute atomic E-state index is 13.2. The Kier molecular flexibility index (Phi) is 7.18. The third-order valence-corrected chi connectivity index (χ3v) is 5.11. The second-order valence-corrected chi connectivity index (χ2v) is 7.13. The number of carbonyl (C=O) groups excluding carboxylic acids is 1. The Balaban J connectivity index is 0.00000261. The van der Waals surface area contributed by atoms with E-state index in [0.717, 1.165) is 22.5 Å². The molecule has 0 fully saturated rings. The summed E-state index contributed by atoms with van der Waals surface area (Å²) >= 11 is 1.49. The number of nitrogens with zero attached hydrogens (tertiary/aromatic N) is 5. The van der Waals surface area contributed by atoms with Crippen LogP contribution < -0.4 is 9.64 Å². The number of anilines is 1. The minimum Gasteiger partial charge on any atom is -0.497 e. The Morgan fingerprint density at radius 2 is 2.04 bits per heavy atom. The molecule has 0 saturated carbocycles. The van der Waals surface area contributed by atoms with Crippen molar-refractivity contribution >= 4 is 45.0 Å². The number of carbonyl (C=O) groups is 1. The minimum atomic E-state index is -0.0859. The summed E-state index contributed by atoms with van der Waals surface area (Å²) in [6.45, 7) is 3.91. The Bertz CT molecular complexity index is 908. The van der Waals surface area contributed by atoms with E-state index in [2.05, 4.69) is 10.1 Å². The van der Waals surface area contributed by atoms with Crippen molar-refractivity contribution in [3.63, 3.8) is 0 Å². The quantitative estimate of drug-likeness (QED) is 0.599. The number of methoxy groups -OCH3 is 1. The Morgan fingerprint density at radius 1 is 1.26 bits per heavy atom. The van der Waals surface area contributed by atoms with Crippen LogP contribution in [0.1, 0.15) is 17.4 Å². The van der Waals surface area contributed by atoms with E-state index in [-0.39, 0.29) is 18.3 Å². The van der Waals surface area contributed by atoms with E-state index in [4.69, 9.17) is 4.74 Å². The fourth-order valence-electron chi connectivity index (χ4n) is 2.62. The molecule has 3 rings (SSSR count). The molecule has 2 heterocycles. The molecule has 0 bridgehead atoms. The lowest BCUT2D eigenvalue weighted by Crippen LogP contribution is -2.37. The van der Waals surface area contributed by atoms with Crippen molar-refractivity contribution in [1.82, 2.24) is 19.7 Å². The van der Waals surface area contributed by atoms with Crippen LogP contribution in [0.3, 0.4) is 0 Å². The summed E-state index contributed by atoms with van der Waals surface area (Å²) in [6.07, 6.45) is 1.66. The number of aryl methyl sites for hydroxylation is 1. The van der Waals surface area contributed by atoms with E-state index in [0.29, 0.717) is 23.9 Å². The molecule has 0 aliphatic heterocycles. The highest BCUT2D eigenvalue weighted by atomic mass is 35.5. The molecule has 0 radical (unpaired) electrons. The number of ether oxygens (including phenoxy) is 1. The SMILES string of the molecule is CCn1nccc1C(=O)N(CCN(C)C)c1nc2ccc(OC)cc2s1.Cl. The van der Waals surface area contributed by atoms with Crippen molar-refractivity contribution in [3.05, 3.63) is 36.2 Å². The first-order chi connectivity index (χ1) is 12.5. The van der Waals surface area contributed by atoms with E-state index in [1.165, 1.54) is 11.3 Å². The number of hydrogen-bond donors (Lipinski definition) is 0. The molecule has 0 spiro atoms. The number of rotatable bonds is 7. The molecule has 146 valence electrons. The highest BCUT2D eigenvalue weighted by Gasteiger charge is 2.24. The summed E-state index contributed by atoms with van der Waals surface area (Å²) in [5, 5.41) is 4.90. The number of hydrogen-bond acceptors (Lipinski definition) is 6. The molecular weight excluding hydrogens is 386 g/mol. The first-order valence-corrected chi connectivity index (χ1v) is 9.28. The number of fused-ring (bicyclic) bond motifs is 1. The van der Waals surface area contributed by atoms with Crippen LogP contribution in [0.4, 0.5) is 5.13 Å². The third kappa shape index (κ3) is 4.58. The van der Waals surface area contributed by atoms with E-state index in [9.17, 15) is 4.79 Å². The summed E-state index contributed by atoms with van der Waals surface area (Å²) in [4.78, 5) is 21.6. The monoisotopic (exact) mass is 409 g/mol. The van der Waals surface area contributed by atoms with Crippen LogP contribution >= 0.6 is 23.7 Å². The van der Waals surface area contributed by atoms with Gasteiger partial charge in [0.15, 0.2) is 5.13 Å². The van der Waals surface area contributed by atoms with Crippen molar-refractivity contribution in [2.75, 3.05) is 39.2 Å². The zero-order valence-electron chi connectivity index (χ0n) is 15.9. The van der Waals surface area contributed by atoms with Gasteiger partial charge in [-0.15, -0.1) is 12.4 Å². The highest BCUT2D eigenvalue weighted by Crippen LogP contribution is 2.32. The van der Waals surface area contributed by atoms with Crippen molar-refractivity contribution in [2.24, 2.45) is 0 Å². The van der Waals surface area contributed by atoms with Gasteiger partial charge in [0, 0.05) is 25.8 Å². The van der Waals surface area contributed by atoms with E-state index in [1.54, 1.807) is 29.0 Å². The van der Waals surface area contributed by atoms with Crippen LogP contribution in [0, 0.1) is 0 Å². The summed E-state index contributed by atoms with van der Waals surface area (Å²) < 4.78 is 7.99. The van der Waals surface area contributed by atoms with Gasteiger partial charge in [-0.2, -0.15) is 5.10 Å². The van der Waals surface area contributed by atoms with Crippen molar-refractivity contribution in [3.8, 4) is 5.75 Å². The summed E-state index contributed by atoms with van der Waals surface area (Å²) in [5.74, 6) is 0.695. The van der Waals surface area contributed by atoms with Gasteiger partial charge in [-0.05, 0) is 45.3 Å². The van der Waals surface area contributed by atoms with Gasteiger partial charge in [0.25, 0.3) is 5.91 Å². The maximum atomic E-state index is 13.2. The van der Waals surface area contributed by atoms with E-state index in [1.807, 2.05) is 44.1 Å². The minimum absolute atomic E-state index is 0. The molecule has 27 heavy (non-hydrogen) atoms. The summed E-state index contributed by atoms with van der Waals surface area (Å²) in [5.41, 5.74) is 1.43. The zero-order valence-corrected chi connectivity index (χ0v) is 17.5. The molecule has 0 aliphatic rings. The maximum Gasteiger partial charge on any atom is 0.278 e. The zero-order chi connectivity index (χ0) is 18.7. The molecule has 0 aliphatic carbocycles. The molecule has 7 nitrogen and oxygen atoms in total. The topological polar surface area (TPSA) is 63.5 Å². The molecular formula is C18H24ClN5O2S. The molecule has 1 amide bonds. The Hall–Kier alpha value is -2.16. The highest BCUT2D eigenvalue weighted by molar-refractivity contribution is 7.22. The average Bonchev–Trinajstić information content (AvgIpc) is 3.27. The lowest BCUT2D eigenvalue weighted by atomic mass is 10.3. The van der Waals surface area contributed by atoms with E-state index >= 15 is 0 Å². The molecule has 9 heteroatoms. The van der Waals surface area contributed by atoms with Crippen LogP contribution in [0.15, 0.2) is 30.5 Å². The van der Waals surface area contributed by atoms with Gasteiger partial charge >= 0.3 is 0 Å². The lowest BCUT2D eigenvalue weighted by molar-refractivity contribution is 0.0975. The normalized spacial score (nSPS) is 10.9. The summed E-state index contributed by atoms with van der Waals surface area (Å²) in [7, 11) is 5.62. The van der Waals surface area contributed by atoms with Crippen LogP contribution in [-0.4, -0.2) is 59.9 Å². The van der Waals surface area contributed by atoms with Gasteiger partial charge in [0.1, 0.15) is 11.4 Å². The molecule has 3 aromatic rings. The van der Waals surface area contributed by atoms with Crippen LogP contribution in [-0.2, 0) is 6.54 Å². The first kappa shape index (κ1) is 21.1. The van der Waals surface area contributed by atoms with Gasteiger partial charge in [-0.3, -0.25) is 14.4 Å². The van der Waals surface area contributed by atoms with E-state index < -0.39 is 0 Å². The predicted octanol–water partition coefficient (Wildman–Crippen LogP) is 3.15. The number of amides is 1. The number of aromatic nitrogens is 3. The fraction of sp³-hybridized carbons (Fsp3) is 0.389. The standard InChI is InChI=1S/C18H23N5O2S.ClH/c1-5-23-15(8-9-19-23)17(24)22(11-10-21(2)3)18-20-14-7-6-13(25-4)12-16(14)26-18;/h6-9,12H,5,10-11H2,1-4H3;1H. The van der Waals surface area contributed by atoms with Crippen LogP contribution in [0.25, 0.3) is 10.2 Å². The second-order valence-electron chi connectivity index (χ2n) is 6.12. The molecule has 0 N–H and O–H groups in total. The van der Waals surface area contributed by atoms with Gasteiger partial charge in [-0.25, -0.2) is 4.98 Å². The molecule has 2 aromatic heterocycles. The first-order valence-electron chi connectivity index (χ1n) is 8.46. The molecule has 0 unspecified atom stereocenters. The number of thiazole rings is 1. The number of likely N-dealkylation sites (N-methyl/N-ethyl adjacent to an activating group) is 1. The molecule has 0 saturated heterocycles. The number of halogens is 1. The Morgan fingerprint density at radius 3 is 2.70 bits per heavy atom. The van der Waals surface area contributed by atoms with Crippen LogP contribution in [0.5, 0.6) is 5.75 Å².